The van der Waals surface area contributed by atoms with Gasteiger partial charge in [0.15, 0.2) is 0 Å². The van der Waals surface area contributed by atoms with Gasteiger partial charge in [0, 0.05) is 24.2 Å². The van der Waals surface area contributed by atoms with Crippen molar-refractivity contribution in [3.05, 3.63) is 59.9 Å². The van der Waals surface area contributed by atoms with Crippen molar-refractivity contribution in [2.45, 2.75) is 32.6 Å². The Balaban J connectivity index is 1.55. The lowest BCUT2D eigenvalue weighted by Gasteiger charge is -2.28. The Morgan fingerprint density at radius 2 is 1.81 bits per heavy atom. The summed E-state index contributed by atoms with van der Waals surface area (Å²) < 4.78 is 0. The number of carbonyl (C=O) groups is 1. The average molecular weight is 360 g/mol. The van der Waals surface area contributed by atoms with Gasteiger partial charge in [0.25, 0.3) is 0 Å². The van der Waals surface area contributed by atoms with E-state index >= 15 is 0 Å². The first kappa shape index (κ1) is 17.5. The summed E-state index contributed by atoms with van der Waals surface area (Å²) >= 11 is 0. The summed E-state index contributed by atoms with van der Waals surface area (Å²) in [6.45, 7) is 4.09. The highest BCUT2D eigenvalue weighted by atomic mass is 16.1. The molecule has 1 N–H and O–H groups in total. The second-order valence-corrected chi connectivity index (χ2v) is 7.19. The van der Waals surface area contributed by atoms with Crippen molar-refractivity contribution in [1.29, 1.82) is 0 Å². The molecule has 0 unspecified atom stereocenters. The Morgan fingerprint density at radius 1 is 1.04 bits per heavy atom. The van der Waals surface area contributed by atoms with E-state index in [0.717, 1.165) is 41.1 Å². The van der Waals surface area contributed by atoms with Gasteiger partial charge in [-0.15, -0.1) is 0 Å². The molecule has 0 spiro atoms. The van der Waals surface area contributed by atoms with Crippen molar-refractivity contribution < 1.29 is 4.79 Å². The van der Waals surface area contributed by atoms with E-state index < -0.39 is 0 Å². The quantitative estimate of drug-likeness (QED) is 0.761. The molecule has 138 valence electrons. The number of hydrogen-bond acceptors (Lipinski definition) is 4. The van der Waals surface area contributed by atoms with Crippen LogP contribution in [0.2, 0.25) is 0 Å². The number of hydrogen-bond donors (Lipinski definition) is 1. The molecule has 2 aromatic carbocycles. The molecule has 1 saturated heterocycles. The van der Waals surface area contributed by atoms with Crippen LogP contribution >= 0.6 is 0 Å². The van der Waals surface area contributed by atoms with Crippen LogP contribution in [0.3, 0.4) is 0 Å². The number of aryl methyl sites for hydroxylation is 1. The fraction of sp³-hybridized carbons (Fsp3) is 0.318. The number of nitrogens with zero attached hydrogens (tertiary/aromatic N) is 3. The molecule has 1 aliphatic rings. The van der Waals surface area contributed by atoms with Gasteiger partial charge in [-0.2, -0.15) is 0 Å². The molecule has 5 heteroatoms. The van der Waals surface area contributed by atoms with Crippen LogP contribution in [0.15, 0.2) is 48.8 Å². The third-order valence-corrected chi connectivity index (χ3v) is 5.04. The second kappa shape index (κ2) is 7.74. The van der Waals surface area contributed by atoms with E-state index in [-0.39, 0.29) is 5.91 Å². The highest BCUT2D eigenvalue weighted by molar-refractivity contribution is 5.97. The maximum atomic E-state index is 12.4. The summed E-state index contributed by atoms with van der Waals surface area (Å²) in [7, 11) is 0. The molecule has 0 radical (unpaired) electrons. The van der Waals surface area contributed by atoms with Crippen molar-refractivity contribution in [1.82, 2.24) is 9.97 Å². The molecule has 2 heterocycles. The Kier molecular flexibility index (Phi) is 5.01. The van der Waals surface area contributed by atoms with Gasteiger partial charge >= 0.3 is 0 Å². The fourth-order valence-electron chi connectivity index (χ4n) is 3.57. The first-order valence-corrected chi connectivity index (χ1v) is 9.54. The van der Waals surface area contributed by atoms with Crippen LogP contribution in [0.5, 0.6) is 0 Å². The summed E-state index contributed by atoms with van der Waals surface area (Å²) in [5.41, 5.74) is 3.89. The van der Waals surface area contributed by atoms with Gasteiger partial charge in [0.05, 0.1) is 11.9 Å². The van der Waals surface area contributed by atoms with E-state index in [9.17, 15) is 4.79 Å². The lowest BCUT2D eigenvalue weighted by Crippen LogP contribution is -2.30. The van der Waals surface area contributed by atoms with Crippen LogP contribution in [-0.2, 0) is 11.2 Å². The van der Waals surface area contributed by atoms with E-state index in [4.69, 9.17) is 0 Å². The largest absolute Gasteiger partial charge is 0.356 e. The van der Waals surface area contributed by atoms with Crippen LogP contribution in [0, 0.1) is 6.92 Å². The highest BCUT2D eigenvalue weighted by Gasteiger charge is 2.16. The minimum atomic E-state index is -0.0189. The average Bonchev–Trinajstić information content (AvgIpc) is 2.70. The molecule has 5 nitrogen and oxygen atoms in total. The molecular formula is C22H24N4O. The number of piperidine rings is 1. The lowest BCUT2D eigenvalue weighted by atomic mass is 10.1. The highest BCUT2D eigenvalue weighted by Crippen LogP contribution is 2.28. The molecule has 0 aliphatic carbocycles. The Labute approximate surface area is 159 Å². The summed E-state index contributed by atoms with van der Waals surface area (Å²) in [5.74, 6) is 0.948. The zero-order valence-electron chi connectivity index (χ0n) is 15.6. The molecule has 27 heavy (non-hydrogen) atoms. The topological polar surface area (TPSA) is 58.1 Å². The fourth-order valence-corrected chi connectivity index (χ4v) is 3.57. The third kappa shape index (κ3) is 4.08. The van der Waals surface area contributed by atoms with Gasteiger partial charge in [-0.3, -0.25) is 4.79 Å². The van der Waals surface area contributed by atoms with E-state index in [2.05, 4.69) is 20.2 Å². The van der Waals surface area contributed by atoms with Crippen LogP contribution in [0.4, 0.5) is 11.5 Å². The van der Waals surface area contributed by atoms with Gasteiger partial charge in [0.2, 0.25) is 5.91 Å². The van der Waals surface area contributed by atoms with Crippen molar-refractivity contribution in [2.75, 3.05) is 23.3 Å². The van der Waals surface area contributed by atoms with Crippen LogP contribution < -0.4 is 10.2 Å². The maximum absolute atomic E-state index is 12.4. The predicted octanol–water partition coefficient (Wildman–Crippen LogP) is 4.11. The number of anilines is 2. The summed E-state index contributed by atoms with van der Waals surface area (Å²) in [6, 6.07) is 13.9. The standard InChI is InChI=1S/C22H24N4O/c1-16-5-7-17(8-6-16)13-21(27)25-18-9-10-20-19(14-18)22(24-15-23-20)26-11-3-2-4-12-26/h5-10,14-15H,2-4,11-13H2,1H3,(H,25,27). The van der Waals surface area contributed by atoms with Crippen LogP contribution in [0.1, 0.15) is 30.4 Å². The summed E-state index contributed by atoms with van der Waals surface area (Å²) in [6.07, 6.45) is 5.65. The maximum Gasteiger partial charge on any atom is 0.228 e. The molecule has 0 atom stereocenters. The molecule has 1 aromatic heterocycles. The number of carbonyl (C=O) groups excluding carboxylic acids is 1. The zero-order chi connectivity index (χ0) is 18.6. The molecule has 0 bridgehead atoms. The predicted molar refractivity (Wildman–Crippen MR) is 109 cm³/mol. The van der Waals surface area contributed by atoms with Crippen molar-refractivity contribution in [3.63, 3.8) is 0 Å². The van der Waals surface area contributed by atoms with Crippen molar-refractivity contribution >= 4 is 28.3 Å². The molecule has 3 aromatic rings. The summed E-state index contributed by atoms with van der Waals surface area (Å²) in [5, 5.41) is 4.01. The van der Waals surface area contributed by atoms with E-state index in [0.29, 0.717) is 6.42 Å². The number of benzene rings is 2. The molecule has 4 rings (SSSR count). The van der Waals surface area contributed by atoms with Gasteiger partial charge < -0.3 is 10.2 Å². The third-order valence-electron chi connectivity index (χ3n) is 5.04. The Hall–Kier alpha value is -2.95. The van der Waals surface area contributed by atoms with E-state index in [1.807, 2.05) is 49.4 Å². The van der Waals surface area contributed by atoms with Gasteiger partial charge in [0.1, 0.15) is 12.1 Å². The number of aromatic nitrogens is 2. The monoisotopic (exact) mass is 360 g/mol. The molecule has 1 amide bonds. The van der Waals surface area contributed by atoms with Crippen LogP contribution in [-0.4, -0.2) is 29.0 Å². The normalized spacial score (nSPS) is 14.3. The number of nitrogens with one attached hydrogen (secondary N) is 1. The van der Waals surface area contributed by atoms with E-state index in [1.165, 1.54) is 24.8 Å². The van der Waals surface area contributed by atoms with E-state index in [1.54, 1.807) is 6.33 Å². The van der Waals surface area contributed by atoms with Crippen LogP contribution in [0.25, 0.3) is 10.9 Å². The Bertz CT molecular complexity index is 946. The number of fused-ring (bicyclic) bond motifs is 1. The van der Waals surface area contributed by atoms with Crippen molar-refractivity contribution in [3.8, 4) is 0 Å². The molecule has 1 fully saturated rings. The number of rotatable bonds is 4. The molecule has 1 aliphatic heterocycles. The van der Waals surface area contributed by atoms with Crippen molar-refractivity contribution in [2.24, 2.45) is 0 Å². The Morgan fingerprint density at radius 3 is 2.59 bits per heavy atom. The SMILES string of the molecule is Cc1ccc(CC(=O)Nc2ccc3ncnc(N4CCCCC4)c3c2)cc1. The first-order chi connectivity index (χ1) is 13.2. The number of amides is 1. The summed E-state index contributed by atoms with van der Waals surface area (Å²) in [4.78, 5) is 23.7. The zero-order valence-corrected chi connectivity index (χ0v) is 15.6. The molecule has 0 saturated carbocycles. The minimum Gasteiger partial charge on any atom is -0.356 e. The minimum absolute atomic E-state index is 0.0189. The smallest absolute Gasteiger partial charge is 0.228 e. The van der Waals surface area contributed by atoms with Gasteiger partial charge in [-0.1, -0.05) is 29.8 Å². The second-order valence-electron chi connectivity index (χ2n) is 7.19. The first-order valence-electron chi connectivity index (χ1n) is 9.54. The van der Waals surface area contributed by atoms with Gasteiger partial charge in [-0.25, -0.2) is 9.97 Å². The lowest BCUT2D eigenvalue weighted by molar-refractivity contribution is -0.115. The molecular weight excluding hydrogens is 336 g/mol. The van der Waals surface area contributed by atoms with Gasteiger partial charge in [-0.05, 0) is 49.9 Å².